The number of nitrogens with zero attached hydrogens (tertiary/aromatic N) is 2. The summed E-state index contributed by atoms with van der Waals surface area (Å²) in [6, 6.07) is 12.7. The predicted molar refractivity (Wildman–Crippen MR) is 135 cm³/mol. The predicted octanol–water partition coefficient (Wildman–Crippen LogP) is 5.88. The van der Waals surface area contributed by atoms with Crippen molar-refractivity contribution in [2.75, 3.05) is 5.75 Å². The normalized spacial score (nSPS) is 13.1. The van der Waals surface area contributed by atoms with Crippen LogP contribution in [-0.2, 0) is 21.4 Å². The summed E-state index contributed by atoms with van der Waals surface area (Å²) in [5.74, 6) is -0.577. The van der Waals surface area contributed by atoms with Crippen LogP contribution in [0.25, 0.3) is 10.2 Å². The number of rotatable bonds is 12. The first-order chi connectivity index (χ1) is 15.7. The number of unbranched alkanes of at least 4 members (excludes halogenated alkanes) is 2. The van der Waals surface area contributed by atoms with Gasteiger partial charge in [-0.15, -0.1) is 11.3 Å². The Morgan fingerprint density at radius 3 is 2.52 bits per heavy atom. The fraction of sp³-hybridized carbons (Fsp3) is 0.417. The highest BCUT2D eigenvalue weighted by molar-refractivity contribution is 8.01. The van der Waals surface area contributed by atoms with Gasteiger partial charge in [0.05, 0.1) is 15.1 Å². The molecule has 33 heavy (non-hydrogen) atoms. The van der Waals surface area contributed by atoms with Crippen molar-refractivity contribution in [1.29, 1.82) is 0 Å². The summed E-state index contributed by atoms with van der Waals surface area (Å²) in [6.07, 6.45) is 3.46. The Kier molecular flexibility index (Phi) is 8.92. The molecule has 2 aromatic carbocycles. The first-order valence-electron chi connectivity index (χ1n) is 11.1. The molecule has 0 aliphatic heterocycles. The van der Waals surface area contributed by atoms with Crippen LogP contribution in [0, 0.1) is 5.92 Å². The van der Waals surface area contributed by atoms with Gasteiger partial charge in [0.2, 0.25) is 10.0 Å². The standard InChI is InChI=1S/C24H30N2O4S3/c1-4-5-9-14-31-24-25-20-13-12-19(15-21(20)32-24)33(29,30)26(22(17(2)3)23(27)28)16-18-10-7-6-8-11-18/h6-8,10-13,15,17,22H,4-5,9,14,16H2,1-3H3,(H,27,28)/t22-/m1/s1. The number of aromatic nitrogens is 1. The maximum Gasteiger partial charge on any atom is 0.322 e. The number of hydrogen-bond acceptors (Lipinski definition) is 6. The van der Waals surface area contributed by atoms with E-state index >= 15 is 0 Å². The lowest BCUT2D eigenvalue weighted by atomic mass is 10.0. The molecule has 3 rings (SSSR count). The van der Waals surface area contributed by atoms with Crippen molar-refractivity contribution in [2.45, 2.75) is 61.9 Å². The lowest BCUT2D eigenvalue weighted by Gasteiger charge is -2.30. The van der Waals surface area contributed by atoms with Gasteiger partial charge in [-0.3, -0.25) is 4.79 Å². The minimum atomic E-state index is -4.07. The van der Waals surface area contributed by atoms with E-state index in [2.05, 4.69) is 11.9 Å². The van der Waals surface area contributed by atoms with E-state index in [1.54, 1.807) is 49.9 Å². The molecule has 0 spiro atoms. The number of aliphatic carboxylic acids is 1. The molecule has 0 amide bonds. The van der Waals surface area contributed by atoms with Crippen LogP contribution in [0.1, 0.15) is 45.6 Å². The van der Waals surface area contributed by atoms with E-state index in [9.17, 15) is 18.3 Å². The van der Waals surface area contributed by atoms with E-state index in [1.807, 2.05) is 18.2 Å². The van der Waals surface area contributed by atoms with Crippen LogP contribution in [0.3, 0.4) is 0 Å². The van der Waals surface area contributed by atoms with Gasteiger partial charge in [-0.1, -0.05) is 75.7 Å². The molecule has 0 bridgehead atoms. The summed E-state index contributed by atoms with van der Waals surface area (Å²) in [7, 11) is -4.07. The zero-order chi connectivity index (χ0) is 24.0. The lowest BCUT2D eigenvalue weighted by molar-refractivity contribution is -0.143. The first-order valence-corrected chi connectivity index (χ1v) is 14.3. The van der Waals surface area contributed by atoms with E-state index in [1.165, 1.54) is 23.8 Å². The topological polar surface area (TPSA) is 87.6 Å². The van der Waals surface area contributed by atoms with Crippen LogP contribution >= 0.6 is 23.1 Å². The maximum absolute atomic E-state index is 13.7. The monoisotopic (exact) mass is 506 g/mol. The molecule has 0 unspecified atom stereocenters. The van der Waals surface area contributed by atoms with Gasteiger partial charge < -0.3 is 5.11 Å². The molecule has 0 radical (unpaired) electrons. The average molecular weight is 507 g/mol. The number of benzene rings is 2. The minimum Gasteiger partial charge on any atom is -0.480 e. The van der Waals surface area contributed by atoms with Gasteiger partial charge in [0.25, 0.3) is 0 Å². The molecule has 1 heterocycles. The smallest absolute Gasteiger partial charge is 0.322 e. The van der Waals surface area contributed by atoms with E-state index < -0.39 is 28.0 Å². The van der Waals surface area contributed by atoms with E-state index in [4.69, 9.17) is 0 Å². The summed E-state index contributed by atoms with van der Waals surface area (Å²) < 4.78 is 30.3. The fourth-order valence-corrected chi connectivity index (χ4v) is 7.57. The van der Waals surface area contributed by atoms with Gasteiger partial charge in [-0.25, -0.2) is 13.4 Å². The van der Waals surface area contributed by atoms with Crippen molar-refractivity contribution in [3.63, 3.8) is 0 Å². The molecule has 178 valence electrons. The van der Waals surface area contributed by atoms with Crippen molar-refractivity contribution in [1.82, 2.24) is 9.29 Å². The quantitative estimate of drug-likeness (QED) is 0.244. The second kappa shape index (κ2) is 11.5. The second-order valence-electron chi connectivity index (χ2n) is 8.23. The molecule has 0 fully saturated rings. The molecule has 0 aliphatic rings. The molecular formula is C24H30N2O4S3. The highest BCUT2D eigenvalue weighted by Crippen LogP contribution is 2.33. The van der Waals surface area contributed by atoms with Crippen molar-refractivity contribution in [3.8, 4) is 0 Å². The number of carboxylic acid groups (broad SMARTS) is 1. The van der Waals surface area contributed by atoms with Gasteiger partial charge in [0.15, 0.2) is 4.34 Å². The van der Waals surface area contributed by atoms with Crippen LogP contribution in [-0.4, -0.2) is 40.6 Å². The van der Waals surface area contributed by atoms with Crippen molar-refractivity contribution >= 4 is 49.3 Å². The molecule has 1 aromatic heterocycles. The van der Waals surface area contributed by atoms with Crippen molar-refractivity contribution < 1.29 is 18.3 Å². The third kappa shape index (κ3) is 6.35. The fourth-order valence-electron chi connectivity index (χ4n) is 3.59. The van der Waals surface area contributed by atoms with Crippen molar-refractivity contribution in [3.05, 3.63) is 54.1 Å². The highest BCUT2D eigenvalue weighted by Gasteiger charge is 2.38. The number of thiazole rings is 1. The van der Waals surface area contributed by atoms with E-state index in [0.29, 0.717) is 0 Å². The number of carbonyl (C=O) groups is 1. The van der Waals surface area contributed by atoms with Crippen LogP contribution in [0.5, 0.6) is 0 Å². The van der Waals surface area contributed by atoms with E-state index in [0.717, 1.165) is 43.0 Å². The molecule has 1 N–H and O–H groups in total. The second-order valence-corrected chi connectivity index (χ2v) is 12.5. The van der Waals surface area contributed by atoms with Crippen LogP contribution in [0.15, 0.2) is 57.8 Å². The Bertz CT molecular complexity index is 1180. The number of sulfonamides is 1. The number of carboxylic acids is 1. The van der Waals surface area contributed by atoms with Gasteiger partial charge in [-0.2, -0.15) is 4.31 Å². The molecule has 6 nitrogen and oxygen atoms in total. The number of hydrogen-bond donors (Lipinski definition) is 1. The van der Waals surface area contributed by atoms with Crippen LogP contribution < -0.4 is 0 Å². The summed E-state index contributed by atoms with van der Waals surface area (Å²) >= 11 is 3.16. The molecule has 3 aromatic rings. The average Bonchev–Trinajstić information content (AvgIpc) is 3.18. The molecule has 0 aliphatic carbocycles. The molecule has 0 saturated heterocycles. The third-order valence-corrected chi connectivity index (χ3v) is 9.37. The highest BCUT2D eigenvalue weighted by atomic mass is 32.2. The Morgan fingerprint density at radius 1 is 1.15 bits per heavy atom. The van der Waals surface area contributed by atoms with Gasteiger partial charge in [-0.05, 0) is 36.1 Å². The van der Waals surface area contributed by atoms with Crippen molar-refractivity contribution in [2.24, 2.45) is 5.92 Å². The zero-order valence-electron chi connectivity index (χ0n) is 19.1. The van der Waals surface area contributed by atoms with Crippen LogP contribution in [0.2, 0.25) is 0 Å². The SMILES string of the molecule is CCCCCSc1nc2ccc(S(=O)(=O)N(Cc3ccccc3)[C@@H](C(=O)O)C(C)C)cc2s1. The van der Waals surface area contributed by atoms with Gasteiger partial charge >= 0.3 is 5.97 Å². The Morgan fingerprint density at radius 2 is 1.88 bits per heavy atom. The Hall–Kier alpha value is -1.94. The maximum atomic E-state index is 13.7. The Balaban J connectivity index is 1.96. The lowest BCUT2D eigenvalue weighted by Crippen LogP contribution is -2.47. The van der Waals surface area contributed by atoms with Gasteiger partial charge in [0.1, 0.15) is 6.04 Å². The molecular weight excluding hydrogens is 476 g/mol. The summed E-state index contributed by atoms with van der Waals surface area (Å²) in [4.78, 5) is 16.8. The minimum absolute atomic E-state index is 0.0163. The first kappa shape index (κ1) is 25.7. The van der Waals surface area contributed by atoms with E-state index in [-0.39, 0.29) is 11.4 Å². The third-order valence-electron chi connectivity index (χ3n) is 5.30. The largest absolute Gasteiger partial charge is 0.480 e. The number of thioether (sulfide) groups is 1. The number of fused-ring (bicyclic) bond motifs is 1. The summed E-state index contributed by atoms with van der Waals surface area (Å²) in [6.45, 7) is 5.60. The molecule has 9 heteroatoms. The zero-order valence-corrected chi connectivity index (χ0v) is 21.5. The van der Waals surface area contributed by atoms with Crippen LogP contribution in [0.4, 0.5) is 0 Å². The Labute approximate surface area is 204 Å². The van der Waals surface area contributed by atoms with Gasteiger partial charge in [0, 0.05) is 12.3 Å². The molecule has 1 atom stereocenters. The summed E-state index contributed by atoms with van der Waals surface area (Å²) in [5.41, 5.74) is 1.49. The molecule has 0 saturated carbocycles. The summed E-state index contributed by atoms with van der Waals surface area (Å²) in [5, 5.41) is 9.88.